The Morgan fingerprint density at radius 3 is 2.41 bits per heavy atom. The molecule has 3 atom stereocenters. The van der Waals surface area contributed by atoms with Gasteiger partial charge in [-0.25, -0.2) is 0 Å². The van der Waals surface area contributed by atoms with Gasteiger partial charge in [-0.15, -0.1) is 0 Å². The molecule has 100 valence electrons. The Balaban J connectivity index is 2.73. The standard InChI is InChI=1S/C14H28N2O/c1-6-8-9-11(5)16-13(10(3)4)15-12(7-2)14(16)17/h10-13,15H,6-9H2,1-5H3. The molecule has 1 saturated heterocycles. The van der Waals surface area contributed by atoms with Crippen molar-refractivity contribution in [2.75, 3.05) is 0 Å². The van der Waals surface area contributed by atoms with E-state index in [9.17, 15) is 4.79 Å². The number of hydrogen-bond donors (Lipinski definition) is 1. The molecular formula is C14H28N2O. The number of carbonyl (C=O) groups excluding carboxylic acids is 1. The fourth-order valence-corrected chi connectivity index (χ4v) is 2.61. The van der Waals surface area contributed by atoms with Crippen molar-refractivity contribution in [2.45, 2.75) is 78.6 Å². The summed E-state index contributed by atoms with van der Waals surface area (Å²) in [5.74, 6) is 0.773. The molecule has 0 aromatic rings. The molecule has 3 unspecified atom stereocenters. The van der Waals surface area contributed by atoms with Crippen molar-refractivity contribution in [1.82, 2.24) is 10.2 Å². The van der Waals surface area contributed by atoms with E-state index < -0.39 is 0 Å². The fourth-order valence-electron chi connectivity index (χ4n) is 2.61. The van der Waals surface area contributed by atoms with Crippen LogP contribution in [0.5, 0.6) is 0 Å². The zero-order chi connectivity index (χ0) is 13.0. The molecule has 3 nitrogen and oxygen atoms in total. The predicted molar refractivity (Wildman–Crippen MR) is 71.7 cm³/mol. The zero-order valence-electron chi connectivity index (χ0n) is 12.0. The molecule has 1 fully saturated rings. The van der Waals surface area contributed by atoms with E-state index in [0.29, 0.717) is 17.9 Å². The van der Waals surface area contributed by atoms with Crippen LogP contribution in [0.4, 0.5) is 0 Å². The van der Waals surface area contributed by atoms with E-state index in [-0.39, 0.29) is 12.2 Å². The van der Waals surface area contributed by atoms with Crippen LogP contribution in [0.1, 0.15) is 60.3 Å². The zero-order valence-corrected chi connectivity index (χ0v) is 12.0. The molecule has 1 rings (SSSR count). The highest BCUT2D eigenvalue weighted by Crippen LogP contribution is 2.23. The van der Waals surface area contributed by atoms with Crippen LogP contribution < -0.4 is 5.32 Å². The van der Waals surface area contributed by atoms with Crippen molar-refractivity contribution in [3.8, 4) is 0 Å². The maximum absolute atomic E-state index is 12.3. The van der Waals surface area contributed by atoms with E-state index >= 15 is 0 Å². The van der Waals surface area contributed by atoms with Gasteiger partial charge in [0.25, 0.3) is 0 Å². The van der Waals surface area contributed by atoms with Gasteiger partial charge in [0.1, 0.15) is 0 Å². The van der Waals surface area contributed by atoms with Gasteiger partial charge in [0, 0.05) is 6.04 Å². The van der Waals surface area contributed by atoms with E-state index in [1.165, 1.54) is 12.8 Å². The molecule has 17 heavy (non-hydrogen) atoms. The molecule has 0 spiro atoms. The average molecular weight is 240 g/mol. The lowest BCUT2D eigenvalue weighted by molar-refractivity contribution is -0.132. The van der Waals surface area contributed by atoms with Crippen LogP contribution in [0.2, 0.25) is 0 Å². The fraction of sp³-hybridized carbons (Fsp3) is 0.929. The van der Waals surface area contributed by atoms with Crippen LogP contribution >= 0.6 is 0 Å². The molecule has 0 bridgehead atoms. The van der Waals surface area contributed by atoms with Gasteiger partial charge in [-0.2, -0.15) is 0 Å². The summed E-state index contributed by atoms with van der Waals surface area (Å²) in [7, 11) is 0. The second kappa shape index (κ2) is 6.39. The Kier molecular flexibility index (Phi) is 5.44. The van der Waals surface area contributed by atoms with Gasteiger partial charge in [0.2, 0.25) is 5.91 Å². The normalized spacial score (nSPS) is 26.9. The van der Waals surface area contributed by atoms with Gasteiger partial charge in [-0.1, -0.05) is 40.5 Å². The summed E-state index contributed by atoms with van der Waals surface area (Å²) in [6.07, 6.45) is 4.62. The molecule has 0 aliphatic carbocycles. The third-order valence-electron chi connectivity index (χ3n) is 3.71. The summed E-state index contributed by atoms with van der Waals surface area (Å²) >= 11 is 0. The molecule has 0 aromatic carbocycles. The largest absolute Gasteiger partial charge is 0.323 e. The van der Waals surface area contributed by atoms with Crippen molar-refractivity contribution in [3.05, 3.63) is 0 Å². The lowest BCUT2D eigenvalue weighted by Crippen LogP contribution is -2.46. The van der Waals surface area contributed by atoms with Gasteiger partial charge < -0.3 is 4.90 Å². The quantitative estimate of drug-likeness (QED) is 0.774. The summed E-state index contributed by atoms with van der Waals surface area (Å²) in [5.41, 5.74) is 0. The maximum atomic E-state index is 12.3. The smallest absolute Gasteiger partial charge is 0.241 e. The topological polar surface area (TPSA) is 32.3 Å². The molecule has 1 heterocycles. The number of amides is 1. The van der Waals surface area contributed by atoms with Crippen molar-refractivity contribution < 1.29 is 4.79 Å². The molecular weight excluding hydrogens is 212 g/mol. The van der Waals surface area contributed by atoms with Crippen molar-refractivity contribution in [2.24, 2.45) is 5.92 Å². The Hall–Kier alpha value is -0.570. The second-order valence-corrected chi connectivity index (χ2v) is 5.55. The summed E-state index contributed by atoms with van der Waals surface area (Å²) in [4.78, 5) is 14.4. The maximum Gasteiger partial charge on any atom is 0.241 e. The Bertz CT molecular complexity index is 253. The number of nitrogens with one attached hydrogen (secondary N) is 1. The van der Waals surface area contributed by atoms with Gasteiger partial charge in [0.05, 0.1) is 12.2 Å². The van der Waals surface area contributed by atoms with E-state index in [1.54, 1.807) is 0 Å². The lowest BCUT2D eigenvalue weighted by Gasteiger charge is -2.32. The van der Waals surface area contributed by atoms with Crippen LogP contribution in [0, 0.1) is 5.92 Å². The van der Waals surface area contributed by atoms with Gasteiger partial charge in [-0.05, 0) is 25.7 Å². The number of carbonyl (C=O) groups is 1. The van der Waals surface area contributed by atoms with Crippen LogP contribution in [0.25, 0.3) is 0 Å². The van der Waals surface area contributed by atoms with Crippen LogP contribution in [-0.4, -0.2) is 29.1 Å². The number of hydrogen-bond acceptors (Lipinski definition) is 2. The molecule has 1 aliphatic rings. The van der Waals surface area contributed by atoms with Crippen molar-refractivity contribution in [3.63, 3.8) is 0 Å². The highest BCUT2D eigenvalue weighted by Gasteiger charge is 2.41. The molecule has 1 aliphatic heterocycles. The summed E-state index contributed by atoms with van der Waals surface area (Å²) in [6, 6.07) is 0.394. The van der Waals surface area contributed by atoms with Gasteiger partial charge >= 0.3 is 0 Å². The third kappa shape index (κ3) is 3.21. The summed E-state index contributed by atoms with van der Waals surface area (Å²) in [5, 5.41) is 3.47. The van der Waals surface area contributed by atoms with Crippen LogP contribution in [-0.2, 0) is 4.79 Å². The molecule has 0 aromatic heterocycles. The first kappa shape index (κ1) is 14.5. The SMILES string of the molecule is CCCCC(C)N1C(=O)C(CC)NC1C(C)C. The van der Waals surface area contributed by atoms with Gasteiger partial charge in [-0.3, -0.25) is 10.1 Å². The number of nitrogens with zero attached hydrogens (tertiary/aromatic N) is 1. The summed E-state index contributed by atoms with van der Waals surface area (Å²) < 4.78 is 0. The molecule has 1 N–H and O–H groups in total. The molecule has 0 saturated carbocycles. The Labute approximate surface area is 106 Å². The van der Waals surface area contributed by atoms with E-state index in [0.717, 1.165) is 12.8 Å². The molecule has 0 radical (unpaired) electrons. The monoisotopic (exact) mass is 240 g/mol. The van der Waals surface area contributed by atoms with E-state index in [4.69, 9.17) is 0 Å². The lowest BCUT2D eigenvalue weighted by atomic mass is 10.1. The second-order valence-electron chi connectivity index (χ2n) is 5.55. The van der Waals surface area contributed by atoms with E-state index in [2.05, 4.69) is 44.8 Å². The number of unbranched alkanes of at least 4 members (excludes halogenated alkanes) is 1. The average Bonchev–Trinajstić information content (AvgIpc) is 2.63. The minimum atomic E-state index is 0.0338. The Morgan fingerprint density at radius 2 is 1.94 bits per heavy atom. The minimum absolute atomic E-state index is 0.0338. The Morgan fingerprint density at radius 1 is 1.29 bits per heavy atom. The first-order chi connectivity index (χ1) is 8.02. The van der Waals surface area contributed by atoms with Crippen LogP contribution in [0.15, 0.2) is 0 Å². The van der Waals surface area contributed by atoms with Crippen molar-refractivity contribution in [1.29, 1.82) is 0 Å². The molecule has 3 heteroatoms. The third-order valence-corrected chi connectivity index (χ3v) is 3.71. The number of rotatable bonds is 6. The first-order valence-corrected chi connectivity index (χ1v) is 7.11. The van der Waals surface area contributed by atoms with Gasteiger partial charge in [0.15, 0.2) is 0 Å². The highest BCUT2D eigenvalue weighted by atomic mass is 16.2. The highest BCUT2D eigenvalue weighted by molar-refractivity contribution is 5.84. The van der Waals surface area contributed by atoms with E-state index in [1.807, 2.05) is 0 Å². The van der Waals surface area contributed by atoms with Crippen LogP contribution in [0.3, 0.4) is 0 Å². The predicted octanol–water partition coefficient (Wildman–Crippen LogP) is 2.76. The van der Waals surface area contributed by atoms with Crippen molar-refractivity contribution >= 4 is 5.91 Å². The first-order valence-electron chi connectivity index (χ1n) is 7.11. The minimum Gasteiger partial charge on any atom is -0.323 e. The molecule has 1 amide bonds. The summed E-state index contributed by atoms with van der Waals surface area (Å²) in [6.45, 7) is 10.8.